The first-order chi connectivity index (χ1) is 10.7. The van der Waals surface area contributed by atoms with Crippen LogP contribution in [0.2, 0.25) is 0 Å². The summed E-state index contributed by atoms with van der Waals surface area (Å²) in [5, 5.41) is 0. The van der Waals surface area contributed by atoms with Crippen LogP contribution in [-0.2, 0) is 11.2 Å². The van der Waals surface area contributed by atoms with E-state index >= 15 is 0 Å². The summed E-state index contributed by atoms with van der Waals surface area (Å²) in [7, 11) is 1.71. The van der Waals surface area contributed by atoms with E-state index in [-0.39, 0.29) is 5.92 Å². The SMILES string of the molecule is COc1ccc(C)c2c1N(C(=O)C1CC3CCC1C3)CCC2. The van der Waals surface area contributed by atoms with Crippen LogP contribution in [0, 0.1) is 24.7 Å². The molecule has 1 heterocycles. The minimum Gasteiger partial charge on any atom is -0.495 e. The number of carbonyl (C=O) groups excluding carboxylic acids is 1. The molecule has 118 valence electrons. The average Bonchev–Trinajstić information content (AvgIpc) is 3.17. The van der Waals surface area contributed by atoms with Gasteiger partial charge in [0.25, 0.3) is 0 Å². The molecule has 2 bridgehead atoms. The fourth-order valence-electron chi connectivity index (χ4n) is 4.99. The summed E-state index contributed by atoms with van der Waals surface area (Å²) in [6, 6.07) is 4.13. The molecule has 3 nitrogen and oxygen atoms in total. The lowest BCUT2D eigenvalue weighted by atomic mass is 9.86. The van der Waals surface area contributed by atoms with Gasteiger partial charge < -0.3 is 9.64 Å². The zero-order valence-electron chi connectivity index (χ0n) is 13.6. The van der Waals surface area contributed by atoms with Crippen LogP contribution >= 0.6 is 0 Å². The quantitative estimate of drug-likeness (QED) is 0.833. The van der Waals surface area contributed by atoms with Crippen LogP contribution in [0.25, 0.3) is 0 Å². The van der Waals surface area contributed by atoms with E-state index in [2.05, 4.69) is 17.9 Å². The van der Waals surface area contributed by atoms with Crippen LogP contribution in [0.5, 0.6) is 5.75 Å². The number of carbonyl (C=O) groups is 1. The van der Waals surface area contributed by atoms with E-state index in [0.717, 1.165) is 43.2 Å². The number of benzene rings is 1. The van der Waals surface area contributed by atoms with E-state index in [4.69, 9.17) is 4.74 Å². The van der Waals surface area contributed by atoms with Crippen molar-refractivity contribution in [3.63, 3.8) is 0 Å². The van der Waals surface area contributed by atoms with Crippen LogP contribution in [0.4, 0.5) is 5.69 Å². The maximum atomic E-state index is 13.2. The Morgan fingerprint density at radius 3 is 2.82 bits per heavy atom. The van der Waals surface area contributed by atoms with E-state index in [1.807, 2.05) is 6.07 Å². The van der Waals surface area contributed by atoms with Crippen molar-refractivity contribution in [2.45, 2.75) is 45.4 Å². The topological polar surface area (TPSA) is 29.5 Å². The van der Waals surface area contributed by atoms with Gasteiger partial charge in [-0.25, -0.2) is 0 Å². The number of amides is 1. The summed E-state index contributed by atoms with van der Waals surface area (Å²) in [6.07, 6.45) is 7.11. The van der Waals surface area contributed by atoms with E-state index in [9.17, 15) is 4.79 Å². The Morgan fingerprint density at radius 2 is 2.14 bits per heavy atom. The molecule has 0 spiro atoms. The average molecular weight is 299 g/mol. The molecule has 3 aliphatic rings. The third-order valence-corrected chi connectivity index (χ3v) is 6.10. The number of ether oxygens (including phenoxy) is 1. The maximum absolute atomic E-state index is 13.2. The number of aryl methyl sites for hydroxylation is 1. The third kappa shape index (κ3) is 2.05. The van der Waals surface area contributed by atoms with Crippen molar-refractivity contribution in [1.29, 1.82) is 0 Å². The summed E-state index contributed by atoms with van der Waals surface area (Å²) in [5.41, 5.74) is 3.64. The number of fused-ring (bicyclic) bond motifs is 3. The van der Waals surface area contributed by atoms with Gasteiger partial charge in [0.2, 0.25) is 5.91 Å². The smallest absolute Gasteiger partial charge is 0.230 e. The standard InChI is InChI=1S/C19H25NO2/c1-12-5-8-17(22-2)18-15(12)4-3-9-20(18)19(21)16-11-13-6-7-14(16)10-13/h5,8,13-14,16H,3-4,6-7,9-11H2,1-2H3. The Labute approximate surface area is 132 Å². The normalized spacial score (nSPS) is 29.5. The molecule has 3 atom stereocenters. The van der Waals surface area contributed by atoms with Crippen LogP contribution in [0.15, 0.2) is 12.1 Å². The van der Waals surface area contributed by atoms with E-state index in [1.165, 1.54) is 30.4 Å². The molecule has 1 amide bonds. The van der Waals surface area contributed by atoms with Gasteiger partial charge in [-0.05, 0) is 68.1 Å². The van der Waals surface area contributed by atoms with Crippen LogP contribution in [0.3, 0.4) is 0 Å². The highest BCUT2D eigenvalue weighted by Crippen LogP contribution is 2.50. The predicted molar refractivity (Wildman–Crippen MR) is 87.3 cm³/mol. The van der Waals surface area contributed by atoms with Crippen LogP contribution in [0.1, 0.15) is 43.2 Å². The Bertz CT molecular complexity index is 610. The second-order valence-electron chi connectivity index (χ2n) is 7.29. The van der Waals surface area contributed by atoms with Gasteiger partial charge in [0, 0.05) is 12.5 Å². The lowest BCUT2D eigenvalue weighted by Crippen LogP contribution is -2.41. The molecule has 3 unspecified atom stereocenters. The molecule has 0 aromatic heterocycles. The van der Waals surface area contributed by atoms with Gasteiger partial charge in [-0.2, -0.15) is 0 Å². The third-order valence-electron chi connectivity index (χ3n) is 6.10. The van der Waals surface area contributed by atoms with E-state index < -0.39 is 0 Å². The second kappa shape index (κ2) is 5.29. The number of hydrogen-bond donors (Lipinski definition) is 0. The maximum Gasteiger partial charge on any atom is 0.230 e. The highest BCUT2D eigenvalue weighted by molar-refractivity contribution is 5.98. The molecule has 0 radical (unpaired) electrons. The zero-order chi connectivity index (χ0) is 15.3. The lowest BCUT2D eigenvalue weighted by Gasteiger charge is -2.35. The minimum atomic E-state index is 0.259. The summed E-state index contributed by atoms with van der Waals surface area (Å²) in [5.74, 6) is 2.92. The number of nitrogens with zero attached hydrogens (tertiary/aromatic N) is 1. The summed E-state index contributed by atoms with van der Waals surface area (Å²) in [4.78, 5) is 15.3. The summed E-state index contributed by atoms with van der Waals surface area (Å²) in [6.45, 7) is 2.99. The largest absolute Gasteiger partial charge is 0.495 e. The van der Waals surface area contributed by atoms with Crippen molar-refractivity contribution < 1.29 is 9.53 Å². The first kappa shape index (κ1) is 14.1. The van der Waals surface area contributed by atoms with Crippen LogP contribution < -0.4 is 9.64 Å². The lowest BCUT2D eigenvalue weighted by molar-refractivity contribution is -0.124. The molecule has 2 aliphatic carbocycles. The molecule has 2 saturated carbocycles. The molecule has 0 saturated heterocycles. The van der Waals surface area contributed by atoms with Gasteiger partial charge in [0.1, 0.15) is 5.75 Å². The monoisotopic (exact) mass is 299 g/mol. The Balaban J connectivity index is 1.70. The summed E-state index contributed by atoms with van der Waals surface area (Å²) >= 11 is 0. The van der Waals surface area contributed by atoms with Gasteiger partial charge in [0.15, 0.2) is 0 Å². The fourth-order valence-corrected chi connectivity index (χ4v) is 4.99. The fraction of sp³-hybridized carbons (Fsp3) is 0.632. The van der Waals surface area contributed by atoms with Gasteiger partial charge in [-0.15, -0.1) is 0 Å². The van der Waals surface area contributed by atoms with Crippen molar-refractivity contribution in [3.8, 4) is 5.75 Å². The van der Waals surface area contributed by atoms with Gasteiger partial charge in [-0.3, -0.25) is 4.79 Å². The predicted octanol–water partition coefficient (Wildman–Crippen LogP) is 3.72. The highest BCUT2D eigenvalue weighted by atomic mass is 16.5. The Kier molecular flexibility index (Phi) is 3.39. The highest BCUT2D eigenvalue weighted by Gasteiger charge is 2.45. The first-order valence-corrected chi connectivity index (χ1v) is 8.67. The molecule has 2 fully saturated rings. The van der Waals surface area contributed by atoms with E-state index in [0.29, 0.717) is 11.8 Å². The summed E-state index contributed by atoms with van der Waals surface area (Å²) < 4.78 is 5.58. The number of hydrogen-bond acceptors (Lipinski definition) is 2. The second-order valence-corrected chi connectivity index (χ2v) is 7.29. The van der Waals surface area contributed by atoms with Crippen molar-refractivity contribution in [2.75, 3.05) is 18.6 Å². The molecule has 3 heteroatoms. The molecule has 22 heavy (non-hydrogen) atoms. The van der Waals surface area contributed by atoms with E-state index in [1.54, 1.807) is 7.11 Å². The molecule has 4 rings (SSSR count). The molecular formula is C19H25NO2. The molecule has 1 aliphatic heterocycles. The number of methoxy groups -OCH3 is 1. The molecule has 1 aromatic rings. The van der Waals surface area contributed by atoms with Gasteiger partial charge in [0.05, 0.1) is 12.8 Å². The number of rotatable bonds is 2. The van der Waals surface area contributed by atoms with Crippen molar-refractivity contribution in [3.05, 3.63) is 23.3 Å². The van der Waals surface area contributed by atoms with Gasteiger partial charge >= 0.3 is 0 Å². The van der Waals surface area contributed by atoms with Crippen molar-refractivity contribution in [2.24, 2.45) is 17.8 Å². The molecular weight excluding hydrogens is 274 g/mol. The number of anilines is 1. The Hall–Kier alpha value is -1.51. The van der Waals surface area contributed by atoms with Gasteiger partial charge in [-0.1, -0.05) is 12.5 Å². The molecule has 1 aromatic carbocycles. The minimum absolute atomic E-state index is 0.259. The molecule has 0 N–H and O–H groups in total. The van der Waals surface area contributed by atoms with Crippen LogP contribution in [-0.4, -0.2) is 19.6 Å². The van der Waals surface area contributed by atoms with Crippen molar-refractivity contribution in [1.82, 2.24) is 0 Å². The Morgan fingerprint density at radius 1 is 1.27 bits per heavy atom. The zero-order valence-corrected chi connectivity index (χ0v) is 13.6. The first-order valence-electron chi connectivity index (χ1n) is 8.67. The van der Waals surface area contributed by atoms with Crippen molar-refractivity contribution >= 4 is 11.6 Å².